The van der Waals surface area contributed by atoms with Gasteiger partial charge in [0.15, 0.2) is 5.96 Å². The number of sulfonamides is 1. The Balaban J connectivity index is 1.63. The molecule has 0 amide bonds. The summed E-state index contributed by atoms with van der Waals surface area (Å²) in [6, 6.07) is 7.06. The fourth-order valence-electron chi connectivity index (χ4n) is 3.69. The predicted octanol–water partition coefficient (Wildman–Crippen LogP) is 2.41. The van der Waals surface area contributed by atoms with E-state index in [0.717, 1.165) is 44.3 Å². The van der Waals surface area contributed by atoms with E-state index < -0.39 is 10.0 Å². The SMILES string of the molecule is CC1CCCN(C(N)=NCc2ccc(S(=O)(=O)N3CCCCC3)cc2)C1. The summed E-state index contributed by atoms with van der Waals surface area (Å²) in [6.07, 6.45) is 5.40. The van der Waals surface area contributed by atoms with E-state index in [1.807, 2.05) is 12.1 Å². The quantitative estimate of drug-likeness (QED) is 0.645. The van der Waals surface area contributed by atoms with Crippen molar-refractivity contribution in [2.45, 2.75) is 50.5 Å². The van der Waals surface area contributed by atoms with Gasteiger partial charge >= 0.3 is 0 Å². The molecule has 3 rings (SSSR count). The van der Waals surface area contributed by atoms with Crippen LogP contribution in [0.25, 0.3) is 0 Å². The van der Waals surface area contributed by atoms with Crippen molar-refractivity contribution < 1.29 is 8.42 Å². The van der Waals surface area contributed by atoms with Crippen LogP contribution in [0.4, 0.5) is 0 Å². The first kappa shape index (κ1) is 19.2. The second-order valence-corrected chi connectivity index (χ2v) is 9.41. The predicted molar refractivity (Wildman–Crippen MR) is 104 cm³/mol. The number of aliphatic imine (C=N–C) groups is 1. The van der Waals surface area contributed by atoms with E-state index in [0.29, 0.717) is 36.4 Å². The summed E-state index contributed by atoms with van der Waals surface area (Å²) in [5.74, 6) is 1.23. The van der Waals surface area contributed by atoms with Crippen LogP contribution < -0.4 is 5.73 Å². The minimum absolute atomic E-state index is 0.366. The topological polar surface area (TPSA) is 79.0 Å². The fourth-order valence-corrected chi connectivity index (χ4v) is 5.21. The molecule has 0 spiro atoms. The highest BCUT2D eigenvalue weighted by molar-refractivity contribution is 7.89. The number of nitrogens with two attached hydrogens (primary N) is 1. The monoisotopic (exact) mass is 378 g/mol. The second-order valence-electron chi connectivity index (χ2n) is 7.48. The van der Waals surface area contributed by atoms with Crippen LogP contribution in [0.3, 0.4) is 0 Å². The summed E-state index contributed by atoms with van der Waals surface area (Å²) < 4.78 is 26.9. The lowest BCUT2D eigenvalue weighted by molar-refractivity contribution is 0.270. The van der Waals surface area contributed by atoms with Crippen molar-refractivity contribution in [1.82, 2.24) is 9.21 Å². The molecule has 0 aliphatic carbocycles. The van der Waals surface area contributed by atoms with E-state index in [-0.39, 0.29) is 0 Å². The zero-order valence-corrected chi connectivity index (χ0v) is 16.4. The van der Waals surface area contributed by atoms with Crippen molar-refractivity contribution in [2.24, 2.45) is 16.6 Å². The van der Waals surface area contributed by atoms with Gasteiger partial charge in [0.25, 0.3) is 0 Å². The Morgan fingerprint density at radius 2 is 1.81 bits per heavy atom. The molecule has 2 saturated heterocycles. The number of rotatable bonds is 4. The first-order valence-corrected chi connectivity index (χ1v) is 11.0. The molecule has 2 N–H and O–H groups in total. The van der Waals surface area contributed by atoms with E-state index in [9.17, 15) is 8.42 Å². The maximum atomic E-state index is 12.7. The van der Waals surface area contributed by atoms with Gasteiger partial charge in [-0.25, -0.2) is 13.4 Å². The van der Waals surface area contributed by atoms with Crippen molar-refractivity contribution in [3.63, 3.8) is 0 Å². The van der Waals surface area contributed by atoms with Gasteiger partial charge in [-0.2, -0.15) is 4.31 Å². The van der Waals surface area contributed by atoms with Gasteiger partial charge in [-0.3, -0.25) is 0 Å². The van der Waals surface area contributed by atoms with Crippen LogP contribution in [-0.4, -0.2) is 49.8 Å². The molecule has 1 aromatic carbocycles. The summed E-state index contributed by atoms with van der Waals surface area (Å²) in [5.41, 5.74) is 7.10. The Morgan fingerprint density at radius 3 is 2.46 bits per heavy atom. The molecule has 26 heavy (non-hydrogen) atoms. The molecule has 6 nitrogen and oxygen atoms in total. The van der Waals surface area contributed by atoms with Crippen molar-refractivity contribution in [3.05, 3.63) is 29.8 Å². The van der Waals surface area contributed by atoms with Crippen LogP contribution in [0.5, 0.6) is 0 Å². The second kappa shape index (κ2) is 8.39. The van der Waals surface area contributed by atoms with Gasteiger partial charge < -0.3 is 10.6 Å². The van der Waals surface area contributed by atoms with Crippen LogP contribution >= 0.6 is 0 Å². The lowest BCUT2D eigenvalue weighted by Gasteiger charge is -2.31. The normalized spacial score (nSPS) is 23.2. The first-order chi connectivity index (χ1) is 12.5. The van der Waals surface area contributed by atoms with Crippen LogP contribution in [-0.2, 0) is 16.6 Å². The Kier molecular flexibility index (Phi) is 6.19. The van der Waals surface area contributed by atoms with Crippen molar-refractivity contribution >= 4 is 16.0 Å². The summed E-state index contributed by atoms with van der Waals surface area (Å²) in [4.78, 5) is 7.00. The van der Waals surface area contributed by atoms with E-state index in [1.165, 1.54) is 6.42 Å². The molecule has 0 bridgehead atoms. The van der Waals surface area contributed by atoms with Gasteiger partial charge in [-0.15, -0.1) is 0 Å². The molecule has 2 aliphatic heterocycles. The Hall–Kier alpha value is -1.60. The van der Waals surface area contributed by atoms with Crippen LogP contribution in [0, 0.1) is 5.92 Å². The average molecular weight is 379 g/mol. The zero-order chi connectivity index (χ0) is 18.6. The average Bonchev–Trinajstić information content (AvgIpc) is 2.67. The van der Waals surface area contributed by atoms with E-state index in [2.05, 4.69) is 16.8 Å². The molecule has 0 aromatic heterocycles. The smallest absolute Gasteiger partial charge is 0.243 e. The van der Waals surface area contributed by atoms with E-state index >= 15 is 0 Å². The standard InChI is InChI=1S/C19H30N4O2S/c1-16-6-5-11-22(15-16)19(20)21-14-17-7-9-18(10-8-17)26(24,25)23-12-3-2-4-13-23/h7-10,16H,2-6,11-15H2,1H3,(H2,20,21). The van der Waals surface area contributed by atoms with E-state index in [4.69, 9.17) is 5.73 Å². The molecule has 2 aliphatic rings. The molecule has 1 aromatic rings. The molecule has 2 fully saturated rings. The molecular formula is C19H30N4O2S. The lowest BCUT2D eigenvalue weighted by atomic mass is 10.0. The maximum Gasteiger partial charge on any atom is 0.243 e. The molecule has 0 radical (unpaired) electrons. The number of guanidine groups is 1. The molecule has 144 valence electrons. The highest BCUT2D eigenvalue weighted by atomic mass is 32.2. The molecule has 1 atom stereocenters. The third kappa shape index (κ3) is 4.57. The van der Waals surface area contributed by atoms with Gasteiger partial charge in [0, 0.05) is 26.2 Å². The third-order valence-electron chi connectivity index (χ3n) is 5.28. The highest BCUT2D eigenvalue weighted by Gasteiger charge is 2.25. The van der Waals surface area contributed by atoms with Crippen molar-refractivity contribution in [2.75, 3.05) is 26.2 Å². The van der Waals surface area contributed by atoms with Gasteiger partial charge in [-0.1, -0.05) is 25.5 Å². The first-order valence-electron chi connectivity index (χ1n) is 9.61. The Bertz CT molecular complexity index is 724. The number of piperidine rings is 2. The van der Waals surface area contributed by atoms with Crippen molar-refractivity contribution in [3.8, 4) is 0 Å². The summed E-state index contributed by atoms with van der Waals surface area (Å²) >= 11 is 0. The number of benzene rings is 1. The largest absolute Gasteiger partial charge is 0.370 e. The molecule has 0 saturated carbocycles. The van der Waals surface area contributed by atoms with Crippen LogP contribution in [0.2, 0.25) is 0 Å². The summed E-state index contributed by atoms with van der Waals surface area (Å²) in [6.45, 7) is 5.88. The van der Waals surface area contributed by atoms with Gasteiger partial charge in [0.05, 0.1) is 11.4 Å². The summed E-state index contributed by atoms with van der Waals surface area (Å²) in [5, 5.41) is 0. The highest BCUT2D eigenvalue weighted by Crippen LogP contribution is 2.21. The number of hydrogen-bond acceptors (Lipinski definition) is 3. The number of hydrogen-bond donors (Lipinski definition) is 1. The maximum absolute atomic E-state index is 12.7. The Labute approximate surface area is 157 Å². The molecule has 2 heterocycles. The number of likely N-dealkylation sites (tertiary alicyclic amines) is 1. The minimum Gasteiger partial charge on any atom is -0.370 e. The van der Waals surface area contributed by atoms with Gasteiger partial charge in [0.2, 0.25) is 10.0 Å². The lowest BCUT2D eigenvalue weighted by Crippen LogP contribution is -2.43. The van der Waals surface area contributed by atoms with Gasteiger partial charge in [-0.05, 0) is 49.3 Å². The summed E-state index contributed by atoms with van der Waals surface area (Å²) in [7, 11) is -3.37. The fraction of sp³-hybridized carbons (Fsp3) is 0.632. The Morgan fingerprint density at radius 1 is 1.12 bits per heavy atom. The molecule has 7 heteroatoms. The van der Waals surface area contributed by atoms with Crippen molar-refractivity contribution in [1.29, 1.82) is 0 Å². The molecule has 1 unspecified atom stereocenters. The number of nitrogens with zero attached hydrogens (tertiary/aromatic N) is 3. The van der Waals surface area contributed by atoms with Crippen LogP contribution in [0.15, 0.2) is 34.2 Å². The van der Waals surface area contributed by atoms with Crippen LogP contribution in [0.1, 0.15) is 44.6 Å². The van der Waals surface area contributed by atoms with Gasteiger partial charge in [0.1, 0.15) is 0 Å². The van der Waals surface area contributed by atoms with E-state index in [1.54, 1.807) is 16.4 Å². The third-order valence-corrected chi connectivity index (χ3v) is 7.19. The minimum atomic E-state index is -3.37. The molecular weight excluding hydrogens is 348 g/mol. The zero-order valence-electron chi connectivity index (χ0n) is 15.6.